The van der Waals surface area contributed by atoms with Crippen molar-refractivity contribution in [3.63, 3.8) is 0 Å². The van der Waals surface area contributed by atoms with Crippen molar-refractivity contribution in [1.29, 1.82) is 0 Å². The van der Waals surface area contributed by atoms with Gasteiger partial charge in [0.25, 0.3) is 0 Å². The fraction of sp³-hybridized carbons (Fsp3) is 0.857. The van der Waals surface area contributed by atoms with Gasteiger partial charge in [-0.15, -0.1) is 0 Å². The predicted octanol–water partition coefficient (Wildman–Crippen LogP) is -0.461. The second-order valence-corrected chi connectivity index (χ2v) is 7.01. The Bertz CT molecular complexity index is 366. The standard InChI is InChI=1S/C14H26N4O2S/c15-9-12(19)16-10-13(20)17-11-14(3-1-2-4-14)18-5-7-21-8-6-18/h1-11,15H2,(H,16,19)(H,17,20). The Morgan fingerprint density at radius 2 is 1.76 bits per heavy atom. The minimum absolute atomic E-state index is 0.0158. The molecule has 7 heteroatoms. The van der Waals surface area contributed by atoms with Gasteiger partial charge in [0.05, 0.1) is 13.1 Å². The Morgan fingerprint density at radius 3 is 2.38 bits per heavy atom. The van der Waals surface area contributed by atoms with Crippen LogP contribution in [0.15, 0.2) is 0 Å². The number of thioether (sulfide) groups is 1. The van der Waals surface area contributed by atoms with E-state index in [4.69, 9.17) is 5.73 Å². The lowest BCUT2D eigenvalue weighted by Gasteiger charge is -2.43. The number of carbonyl (C=O) groups is 2. The zero-order chi connectivity index (χ0) is 15.1. The summed E-state index contributed by atoms with van der Waals surface area (Å²) in [5.41, 5.74) is 5.33. The van der Waals surface area contributed by atoms with Crippen LogP contribution in [0.4, 0.5) is 0 Å². The van der Waals surface area contributed by atoms with Gasteiger partial charge in [0.15, 0.2) is 0 Å². The quantitative estimate of drug-likeness (QED) is 0.617. The molecule has 6 nitrogen and oxygen atoms in total. The fourth-order valence-corrected chi connectivity index (χ4v) is 4.16. The predicted molar refractivity (Wildman–Crippen MR) is 85.2 cm³/mol. The van der Waals surface area contributed by atoms with Gasteiger partial charge in [0.1, 0.15) is 0 Å². The molecule has 0 radical (unpaired) electrons. The largest absolute Gasteiger partial charge is 0.353 e. The summed E-state index contributed by atoms with van der Waals surface area (Å²) in [6, 6.07) is 0. The lowest BCUT2D eigenvalue weighted by molar-refractivity contribution is -0.125. The summed E-state index contributed by atoms with van der Waals surface area (Å²) in [6.07, 6.45) is 4.80. The van der Waals surface area contributed by atoms with Crippen LogP contribution < -0.4 is 16.4 Å². The molecule has 1 saturated carbocycles. The summed E-state index contributed by atoms with van der Waals surface area (Å²) in [4.78, 5) is 25.5. The summed E-state index contributed by atoms with van der Waals surface area (Å²) in [5, 5.41) is 5.51. The molecule has 0 unspecified atom stereocenters. The average Bonchev–Trinajstić information content (AvgIpc) is 3.01. The van der Waals surface area contributed by atoms with E-state index < -0.39 is 0 Å². The van der Waals surface area contributed by atoms with Crippen LogP contribution in [-0.4, -0.2) is 66.5 Å². The minimum atomic E-state index is -0.297. The molecular weight excluding hydrogens is 288 g/mol. The highest BCUT2D eigenvalue weighted by Gasteiger charge is 2.40. The molecular formula is C14H26N4O2S. The van der Waals surface area contributed by atoms with Crippen molar-refractivity contribution in [1.82, 2.24) is 15.5 Å². The molecule has 4 N–H and O–H groups in total. The second-order valence-electron chi connectivity index (χ2n) is 5.79. The number of nitrogens with one attached hydrogen (secondary N) is 2. The van der Waals surface area contributed by atoms with Crippen LogP contribution in [0.2, 0.25) is 0 Å². The highest BCUT2D eigenvalue weighted by atomic mass is 32.2. The zero-order valence-electron chi connectivity index (χ0n) is 12.5. The van der Waals surface area contributed by atoms with Crippen molar-refractivity contribution in [2.24, 2.45) is 5.73 Å². The highest BCUT2D eigenvalue weighted by molar-refractivity contribution is 7.99. The minimum Gasteiger partial charge on any atom is -0.353 e. The molecule has 2 rings (SSSR count). The molecule has 2 aliphatic rings. The molecule has 0 spiro atoms. The van der Waals surface area contributed by atoms with Crippen molar-refractivity contribution < 1.29 is 9.59 Å². The smallest absolute Gasteiger partial charge is 0.239 e. The van der Waals surface area contributed by atoms with E-state index in [0.29, 0.717) is 6.54 Å². The summed E-state index contributed by atoms with van der Waals surface area (Å²) in [7, 11) is 0. The number of carbonyl (C=O) groups excluding carboxylic acids is 2. The van der Waals surface area contributed by atoms with Crippen LogP contribution in [0.3, 0.4) is 0 Å². The molecule has 21 heavy (non-hydrogen) atoms. The third kappa shape index (κ3) is 4.59. The van der Waals surface area contributed by atoms with Crippen molar-refractivity contribution in [2.75, 3.05) is 44.2 Å². The summed E-state index contributed by atoms with van der Waals surface area (Å²) >= 11 is 2.01. The van der Waals surface area contributed by atoms with Gasteiger partial charge in [-0.25, -0.2) is 0 Å². The van der Waals surface area contributed by atoms with Crippen LogP contribution in [0.25, 0.3) is 0 Å². The molecule has 1 heterocycles. The Labute approximate surface area is 130 Å². The molecule has 120 valence electrons. The second kappa shape index (κ2) is 8.00. The highest BCUT2D eigenvalue weighted by Crippen LogP contribution is 2.36. The molecule has 0 bridgehead atoms. The van der Waals surface area contributed by atoms with Crippen LogP contribution in [-0.2, 0) is 9.59 Å². The van der Waals surface area contributed by atoms with Gasteiger partial charge >= 0.3 is 0 Å². The topological polar surface area (TPSA) is 87.5 Å². The van der Waals surface area contributed by atoms with E-state index in [2.05, 4.69) is 15.5 Å². The molecule has 0 aromatic rings. The van der Waals surface area contributed by atoms with Crippen LogP contribution >= 0.6 is 11.8 Å². The number of hydrogen-bond donors (Lipinski definition) is 3. The first-order chi connectivity index (χ1) is 10.2. The van der Waals surface area contributed by atoms with E-state index in [-0.39, 0.29) is 30.4 Å². The fourth-order valence-electron chi connectivity index (χ4n) is 3.25. The summed E-state index contributed by atoms with van der Waals surface area (Å²) in [5.74, 6) is 1.94. The monoisotopic (exact) mass is 314 g/mol. The van der Waals surface area contributed by atoms with Gasteiger partial charge in [0.2, 0.25) is 11.8 Å². The first-order valence-corrected chi connectivity index (χ1v) is 8.88. The van der Waals surface area contributed by atoms with Gasteiger partial charge in [-0.05, 0) is 12.8 Å². The first-order valence-electron chi connectivity index (χ1n) is 7.72. The van der Waals surface area contributed by atoms with Crippen molar-refractivity contribution >= 4 is 23.6 Å². The van der Waals surface area contributed by atoms with Gasteiger partial charge in [-0.3, -0.25) is 14.5 Å². The Kier molecular flexibility index (Phi) is 6.32. The molecule has 2 fully saturated rings. The maximum Gasteiger partial charge on any atom is 0.239 e. The first kappa shape index (κ1) is 16.6. The summed E-state index contributed by atoms with van der Waals surface area (Å²) < 4.78 is 0. The van der Waals surface area contributed by atoms with E-state index >= 15 is 0 Å². The number of amides is 2. The Hall–Kier alpha value is -0.790. The van der Waals surface area contributed by atoms with Gasteiger partial charge in [0, 0.05) is 36.7 Å². The van der Waals surface area contributed by atoms with Crippen LogP contribution in [0.1, 0.15) is 25.7 Å². The Balaban J connectivity index is 1.82. The van der Waals surface area contributed by atoms with E-state index in [9.17, 15) is 9.59 Å². The SMILES string of the molecule is NCC(=O)NCC(=O)NCC1(N2CCSCC2)CCCC1. The van der Waals surface area contributed by atoms with E-state index in [0.717, 1.165) is 25.9 Å². The van der Waals surface area contributed by atoms with Gasteiger partial charge in [-0.1, -0.05) is 12.8 Å². The van der Waals surface area contributed by atoms with Gasteiger partial charge in [-0.2, -0.15) is 11.8 Å². The molecule has 1 saturated heterocycles. The molecule has 1 aliphatic carbocycles. The van der Waals surface area contributed by atoms with E-state index in [1.807, 2.05) is 11.8 Å². The van der Waals surface area contributed by atoms with E-state index in [1.165, 1.54) is 24.3 Å². The number of nitrogens with zero attached hydrogens (tertiary/aromatic N) is 1. The zero-order valence-corrected chi connectivity index (χ0v) is 13.3. The molecule has 0 atom stereocenters. The van der Waals surface area contributed by atoms with Crippen molar-refractivity contribution in [3.8, 4) is 0 Å². The third-order valence-corrected chi connectivity index (χ3v) is 5.40. The molecule has 0 aromatic carbocycles. The maximum absolute atomic E-state index is 11.9. The van der Waals surface area contributed by atoms with E-state index in [1.54, 1.807) is 0 Å². The van der Waals surface area contributed by atoms with Crippen molar-refractivity contribution in [3.05, 3.63) is 0 Å². The lowest BCUT2D eigenvalue weighted by atomic mass is 9.94. The molecule has 2 amide bonds. The molecule has 1 aliphatic heterocycles. The normalized spacial score (nSPS) is 22.0. The Morgan fingerprint density at radius 1 is 1.10 bits per heavy atom. The number of hydrogen-bond acceptors (Lipinski definition) is 5. The number of nitrogens with two attached hydrogens (primary N) is 1. The summed E-state index contributed by atoms with van der Waals surface area (Å²) in [6.45, 7) is 2.86. The van der Waals surface area contributed by atoms with Crippen molar-refractivity contribution in [2.45, 2.75) is 31.2 Å². The third-order valence-electron chi connectivity index (χ3n) is 4.46. The average molecular weight is 314 g/mol. The maximum atomic E-state index is 11.9. The molecule has 0 aromatic heterocycles. The lowest BCUT2D eigenvalue weighted by Crippen LogP contribution is -2.57. The van der Waals surface area contributed by atoms with Crippen LogP contribution in [0, 0.1) is 0 Å². The number of rotatable bonds is 6. The van der Waals surface area contributed by atoms with Gasteiger partial charge < -0.3 is 16.4 Å². The van der Waals surface area contributed by atoms with Crippen LogP contribution in [0.5, 0.6) is 0 Å².